The lowest BCUT2D eigenvalue weighted by Crippen LogP contribution is -2.27. The van der Waals surface area contributed by atoms with Crippen LogP contribution in [0.5, 0.6) is 0 Å². The van der Waals surface area contributed by atoms with Crippen LogP contribution in [-0.2, 0) is 20.9 Å². The normalized spacial score (nSPS) is 13.4. The molecule has 0 saturated carbocycles. The lowest BCUT2D eigenvalue weighted by atomic mass is 10.4. The third-order valence-electron chi connectivity index (χ3n) is 1.52. The lowest BCUT2D eigenvalue weighted by molar-refractivity contribution is -0.302. The molecule has 0 rings (SSSR count). The van der Waals surface area contributed by atoms with Crippen LogP contribution in [0.25, 0.3) is 0 Å². The molecule has 0 saturated heterocycles. The van der Waals surface area contributed by atoms with Crippen LogP contribution >= 0.6 is 0 Å². The molecule has 0 aromatic rings. The van der Waals surface area contributed by atoms with Crippen LogP contribution in [-0.4, -0.2) is 26.6 Å². The first-order valence-corrected chi connectivity index (χ1v) is 5.95. The molecule has 0 aliphatic heterocycles. The summed E-state index contributed by atoms with van der Waals surface area (Å²) in [7, 11) is 0. The van der Waals surface area contributed by atoms with Crippen molar-refractivity contribution >= 4 is 11.3 Å². The number of hydrogen-bond donors (Lipinski definition) is 1. The van der Waals surface area contributed by atoms with Crippen molar-refractivity contribution < 1.29 is 18.4 Å². The molecule has 0 aliphatic rings. The van der Waals surface area contributed by atoms with Crippen LogP contribution in [0, 0.1) is 0 Å². The van der Waals surface area contributed by atoms with E-state index in [4.69, 9.17) is 14.2 Å². The molecule has 0 bridgehead atoms. The van der Waals surface area contributed by atoms with Gasteiger partial charge in [-0.2, -0.15) is 0 Å². The Morgan fingerprint density at radius 1 is 1.14 bits per heavy atom. The number of rotatable bonds is 9. The summed E-state index contributed by atoms with van der Waals surface area (Å²) in [4.78, 5) is 9.90. The first kappa shape index (κ1) is 14.0. The zero-order valence-electron chi connectivity index (χ0n) is 8.77. The maximum atomic E-state index is 10.7. The summed E-state index contributed by atoms with van der Waals surface area (Å²) in [5.74, 6) is 0. The molecule has 14 heavy (non-hydrogen) atoms. The van der Waals surface area contributed by atoms with Gasteiger partial charge >= 0.3 is 0 Å². The van der Waals surface area contributed by atoms with Crippen molar-refractivity contribution in [1.29, 1.82) is 0 Å². The molecular weight excluding hydrogens is 206 g/mol. The van der Waals surface area contributed by atoms with E-state index in [0.717, 1.165) is 25.7 Å². The summed E-state index contributed by atoms with van der Waals surface area (Å²) in [5.41, 5.74) is 0. The van der Waals surface area contributed by atoms with Crippen LogP contribution in [0.2, 0.25) is 0 Å². The quantitative estimate of drug-likeness (QED) is 0.370. The maximum Gasteiger partial charge on any atom is 0.285 e. The molecule has 0 aliphatic carbocycles. The van der Waals surface area contributed by atoms with Gasteiger partial charge in [0.2, 0.25) is 0 Å². The Morgan fingerprint density at radius 3 is 1.86 bits per heavy atom. The Labute approximate surface area is 87.7 Å². The van der Waals surface area contributed by atoms with Crippen LogP contribution in [0.1, 0.15) is 39.5 Å². The van der Waals surface area contributed by atoms with Gasteiger partial charge in [-0.1, -0.05) is 26.7 Å². The number of unbranched alkanes of at least 4 members (excludes halogenated alkanes) is 2. The molecule has 0 heterocycles. The fraction of sp³-hybridized carbons (Fsp3) is 1.00. The highest BCUT2D eigenvalue weighted by atomic mass is 32.2. The molecule has 1 N–H and O–H groups in total. The largest absolute Gasteiger partial charge is 0.290 e. The van der Waals surface area contributed by atoms with E-state index in [1.54, 1.807) is 0 Å². The van der Waals surface area contributed by atoms with Crippen molar-refractivity contribution in [1.82, 2.24) is 4.63 Å². The van der Waals surface area contributed by atoms with Gasteiger partial charge in [-0.25, -0.2) is 4.21 Å². The lowest BCUT2D eigenvalue weighted by Gasteiger charge is -2.15. The summed E-state index contributed by atoms with van der Waals surface area (Å²) in [6.45, 7) is 4.83. The van der Waals surface area contributed by atoms with Gasteiger partial charge < -0.3 is 0 Å². The van der Waals surface area contributed by atoms with Gasteiger partial charge in [0.25, 0.3) is 11.3 Å². The van der Waals surface area contributed by atoms with E-state index in [0.29, 0.717) is 17.8 Å². The molecule has 0 aromatic carbocycles. The molecule has 1 atom stereocenters. The summed E-state index contributed by atoms with van der Waals surface area (Å²) >= 11 is -2.22. The van der Waals surface area contributed by atoms with E-state index in [9.17, 15) is 4.21 Å². The van der Waals surface area contributed by atoms with Crippen molar-refractivity contribution in [2.24, 2.45) is 0 Å². The van der Waals surface area contributed by atoms with E-state index < -0.39 is 11.3 Å². The fourth-order valence-electron chi connectivity index (χ4n) is 0.694. The third kappa shape index (κ3) is 7.40. The highest BCUT2D eigenvalue weighted by Crippen LogP contribution is 2.00. The Bertz CT molecular complexity index is 146. The highest BCUT2D eigenvalue weighted by molar-refractivity contribution is 7.76. The SMILES string of the molecule is CCCCON(OCCCC)S(=O)O. The standard InChI is InChI=1S/C8H19NO4S/c1-3-5-7-12-9(14(10)11)13-8-6-4-2/h3-8H2,1-2H3,(H,10,11). The van der Waals surface area contributed by atoms with E-state index >= 15 is 0 Å². The van der Waals surface area contributed by atoms with Crippen molar-refractivity contribution in [3.05, 3.63) is 0 Å². The zero-order valence-corrected chi connectivity index (χ0v) is 9.59. The predicted octanol–water partition coefficient (Wildman–Crippen LogP) is 1.89. The summed E-state index contributed by atoms with van der Waals surface area (Å²) in [6, 6.07) is 0. The average molecular weight is 225 g/mol. The molecule has 0 aromatic heterocycles. The van der Waals surface area contributed by atoms with Gasteiger partial charge in [-0.15, -0.1) is 0 Å². The van der Waals surface area contributed by atoms with Crippen LogP contribution in [0.4, 0.5) is 0 Å². The maximum absolute atomic E-state index is 10.7. The first-order chi connectivity index (χ1) is 6.72. The summed E-state index contributed by atoms with van der Waals surface area (Å²) in [6.07, 6.45) is 3.62. The number of nitrogens with zero attached hydrogens (tertiary/aromatic N) is 1. The van der Waals surface area contributed by atoms with Crippen LogP contribution in [0.3, 0.4) is 0 Å². The minimum atomic E-state index is -2.22. The van der Waals surface area contributed by atoms with Gasteiger partial charge in [-0.05, 0) is 12.8 Å². The smallest absolute Gasteiger partial charge is 0.285 e. The molecule has 6 heteroatoms. The van der Waals surface area contributed by atoms with Crippen LogP contribution in [0.15, 0.2) is 0 Å². The van der Waals surface area contributed by atoms with Gasteiger partial charge in [0, 0.05) is 0 Å². The predicted molar refractivity (Wildman–Crippen MR) is 54.3 cm³/mol. The van der Waals surface area contributed by atoms with Crippen molar-refractivity contribution in [2.75, 3.05) is 13.2 Å². The Kier molecular flexibility index (Phi) is 9.53. The fourth-order valence-corrected chi connectivity index (χ4v) is 1.02. The van der Waals surface area contributed by atoms with E-state index in [1.165, 1.54) is 0 Å². The minimum Gasteiger partial charge on any atom is -0.290 e. The summed E-state index contributed by atoms with van der Waals surface area (Å²) in [5, 5.41) is 0. The van der Waals surface area contributed by atoms with E-state index in [-0.39, 0.29) is 0 Å². The average Bonchev–Trinajstić information content (AvgIpc) is 2.15. The van der Waals surface area contributed by atoms with Gasteiger partial charge in [0.15, 0.2) is 0 Å². The minimum absolute atomic E-state index is 0.398. The van der Waals surface area contributed by atoms with Gasteiger partial charge in [0.1, 0.15) is 0 Å². The Hall–Kier alpha value is -0.0100. The van der Waals surface area contributed by atoms with Crippen molar-refractivity contribution in [3.8, 4) is 0 Å². The Morgan fingerprint density at radius 2 is 1.57 bits per heavy atom. The van der Waals surface area contributed by atoms with Gasteiger partial charge in [0.05, 0.1) is 17.8 Å². The van der Waals surface area contributed by atoms with Crippen molar-refractivity contribution in [3.63, 3.8) is 0 Å². The molecule has 0 amide bonds. The van der Waals surface area contributed by atoms with E-state index in [2.05, 4.69) is 0 Å². The molecular formula is C8H19NO4S. The Balaban J connectivity index is 3.61. The zero-order chi connectivity index (χ0) is 10.8. The molecule has 1 unspecified atom stereocenters. The van der Waals surface area contributed by atoms with Crippen LogP contribution < -0.4 is 0 Å². The third-order valence-corrected chi connectivity index (χ3v) is 1.98. The topological polar surface area (TPSA) is 59.0 Å². The highest BCUT2D eigenvalue weighted by Gasteiger charge is 2.11. The molecule has 5 nitrogen and oxygen atoms in total. The summed E-state index contributed by atoms with van der Waals surface area (Å²) < 4.78 is 20.1. The monoisotopic (exact) mass is 225 g/mol. The molecule has 0 radical (unpaired) electrons. The molecule has 0 spiro atoms. The first-order valence-electron chi connectivity index (χ1n) is 4.89. The second-order valence-corrected chi connectivity index (χ2v) is 3.59. The molecule has 86 valence electrons. The second-order valence-electron chi connectivity index (χ2n) is 2.83. The second kappa shape index (κ2) is 9.54. The van der Waals surface area contributed by atoms with Crippen molar-refractivity contribution in [2.45, 2.75) is 39.5 Å². The number of hydrogen-bond acceptors (Lipinski definition) is 3. The molecule has 0 fully saturated rings. The van der Waals surface area contributed by atoms with Gasteiger partial charge in [-0.3, -0.25) is 14.2 Å². The van der Waals surface area contributed by atoms with E-state index in [1.807, 2.05) is 13.8 Å².